The molecule has 0 amide bonds. The fraction of sp³-hybridized carbons (Fsp3) is 0.780. The van der Waals surface area contributed by atoms with Crippen molar-refractivity contribution < 1.29 is 24.2 Å². The molecule has 0 aromatic heterocycles. The molecule has 0 spiro atoms. The zero-order valence-corrected chi connectivity index (χ0v) is 38.6. The smallest absolute Gasteiger partial charge is 0.309 e. The van der Waals surface area contributed by atoms with Crippen LogP contribution in [0.25, 0.3) is 0 Å². The average molecular weight is 820 g/mol. The molecule has 0 bridgehead atoms. The number of hydrogen-bond donors (Lipinski definition) is 1. The summed E-state index contributed by atoms with van der Waals surface area (Å²) in [6.45, 7) is 24.6. The van der Waals surface area contributed by atoms with Crippen molar-refractivity contribution in [2.45, 2.75) is 146 Å². The van der Waals surface area contributed by atoms with Crippen LogP contribution < -0.4 is 0 Å². The molecule has 0 heterocycles. The first-order valence-corrected chi connectivity index (χ1v) is 23.2. The second kappa shape index (κ2) is 15.3. The first-order chi connectivity index (χ1) is 27.0. The number of ether oxygens (including phenoxy) is 1. The Morgan fingerprint density at radius 2 is 1.55 bits per heavy atom. The maximum atomic E-state index is 14.3. The minimum atomic E-state index is -0.816. The van der Waals surface area contributed by atoms with Crippen molar-refractivity contribution in [3.8, 4) is 0 Å². The van der Waals surface area contributed by atoms with Crippen LogP contribution in [0.3, 0.4) is 0 Å². The van der Waals surface area contributed by atoms with Crippen LogP contribution in [0.4, 0.5) is 0 Å². The van der Waals surface area contributed by atoms with Crippen molar-refractivity contribution in [1.29, 1.82) is 0 Å². The standard InChI is InChI=1S/C50H75ClN2O5/c1-31(2)41-37(54)29-50(24-25-53(27-26-52(10)11)30-32-14-12-13-15-36(32)51)23-22-48(8)33(42(41)50)16-17-39-47(7)20-19-40(46(5,6)38(47)18-21-49(39,48)9)58-44(57)35-28-34(43(55)56)45(35,3)4/h12-15,31,33-35,38-40H,16-30H2,1-11H3,(H,55,56)/t33-,34+,35-,38+,39-,40+,47+,48-,49-,50-/m1/s1. The Balaban J connectivity index is 1.13. The predicted molar refractivity (Wildman–Crippen MR) is 232 cm³/mol. The van der Waals surface area contributed by atoms with Gasteiger partial charge >= 0.3 is 11.9 Å². The molecule has 6 aliphatic carbocycles. The number of allylic oxidation sites excluding steroid dienone is 2. The Morgan fingerprint density at radius 1 is 0.845 bits per heavy atom. The van der Waals surface area contributed by atoms with Gasteiger partial charge in [0.2, 0.25) is 0 Å². The molecule has 58 heavy (non-hydrogen) atoms. The summed E-state index contributed by atoms with van der Waals surface area (Å²) in [5, 5.41) is 10.5. The number of carboxylic acid groups (broad SMARTS) is 1. The molecule has 5 saturated carbocycles. The minimum Gasteiger partial charge on any atom is -0.481 e. The highest BCUT2D eigenvalue weighted by Crippen LogP contribution is 2.77. The highest BCUT2D eigenvalue weighted by Gasteiger charge is 2.70. The summed E-state index contributed by atoms with van der Waals surface area (Å²) in [4.78, 5) is 44.7. The third kappa shape index (κ3) is 6.86. The lowest BCUT2D eigenvalue weighted by Gasteiger charge is -2.72. The molecule has 1 N–H and O–H groups in total. The van der Waals surface area contributed by atoms with E-state index in [1.165, 1.54) is 12.0 Å². The van der Waals surface area contributed by atoms with Crippen LogP contribution in [-0.2, 0) is 25.7 Å². The van der Waals surface area contributed by atoms with Crippen LogP contribution in [-0.4, -0.2) is 72.5 Å². The minimum absolute atomic E-state index is 0.0779. The number of esters is 1. The molecule has 10 atom stereocenters. The van der Waals surface area contributed by atoms with Crippen molar-refractivity contribution in [2.24, 2.45) is 68.0 Å². The van der Waals surface area contributed by atoms with Crippen LogP contribution in [0.5, 0.6) is 0 Å². The molecule has 7 rings (SSSR count). The number of benzene rings is 1. The van der Waals surface area contributed by atoms with Gasteiger partial charge < -0.3 is 14.7 Å². The number of nitrogens with zero attached hydrogens (tertiary/aromatic N) is 2. The van der Waals surface area contributed by atoms with Crippen LogP contribution in [0, 0.1) is 68.0 Å². The summed E-state index contributed by atoms with van der Waals surface area (Å²) < 4.78 is 6.46. The molecule has 7 nitrogen and oxygen atoms in total. The quantitative estimate of drug-likeness (QED) is 0.210. The molecular weight excluding hydrogens is 744 g/mol. The van der Waals surface area contributed by atoms with Crippen LogP contribution in [0.2, 0.25) is 5.02 Å². The zero-order valence-electron chi connectivity index (χ0n) is 37.8. The van der Waals surface area contributed by atoms with Gasteiger partial charge in [-0.15, -0.1) is 0 Å². The molecule has 1 aromatic carbocycles. The van der Waals surface area contributed by atoms with Crippen LogP contribution in [0.1, 0.15) is 139 Å². The van der Waals surface area contributed by atoms with E-state index in [-0.39, 0.29) is 51.0 Å². The van der Waals surface area contributed by atoms with Gasteiger partial charge in [-0.25, -0.2) is 0 Å². The summed E-state index contributed by atoms with van der Waals surface area (Å²) >= 11 is 6.71. The van der Waals surface area contributed by atoms with Crippen LogP contribution >= 0.6 is 11.6 Å². The summed E-state index contributed by atoms with van der Waals surface area (Å²) in [5.41, 5.74) is 3.39. The van der Waals surface area contributed by atoms with Gasteiger partial charge in [-0.3, -0.25) is 19.3 Å². The molecule has 0 saturated heterocycles. The van der Waals surface area contributed by atoms with E-state index in [1.807, 2.05) is 26.0 Å². The van der Waals surface area contributed by atoms with E-state index >= 15 is 0 Å². The van der Waals surface area contributed by atoms with Crippen LogP contribution in [0.15, 0.2) is 35.4 Å². The van der Waals surface area contributed by atoms with Gasteiger partial charge in [0.1, 0.15) is 6.10 Å². The van der Waals surface area contributed by atoms with E-state index in [0.717, 1.165) is 88.1 Å². The fourth-order valence-electron chi connectivity index (χ4n) is 15.1. The number of ketones is 1. The predicted octanol–water partition coefficient (Wildman–Crippen LogP) is 10.7. The zero-order chi connectivity index (χ0) is 42.4. The molecule has 1 aromatic rings. The van der Waals surface area contributed by atoms with Crippen molar-refractivity contribution in [2.75, 3.05) is 33.7 Å². The lowest BCUT2D eigenvalue weighted by atomic mass is 9.33. The van der Waals surface area contributed by atoms with Crippen molar-refractivity contribution >= 4 is 29.3 Å². The topological polar surface area (TPSA) is 87.2 Å². The first-order valence-electron chi connectivity index (χ1n) is 22.8. The Hall–Kier alpha value is -2.22. The van der Waals surface area contributed by atoms with E-state index in [9.17, 15) is 19.5 Å². The molecule has 0 unspecified atom stereocenters. The molecule has 0 aliphatic heterocycles. The highest BCUT2D eigenvalue weighted by molar-refractivity contribution is 6.31. The molecule has 5 fully saturated rings. The molecule has 322 valence electrons. The summed E-state index contributed by atoms with van der Waals surface area (Å²) in [7, 11) is 4.28. The maximum absolute atomic E-state index is 14.3. The molecule has 8 heteroatoms. The van der Waals surface area contributed by atoms with Gasteiger partial charge in [0.15, 0.2) is 5.78 Å². The Labute approximate surface area is 355 Å². The Kier molecular flexibility index (Phi) is 11.6. The average Bonchev–Trinajstić information content (AvgIpc) is 3.43. The normalized spacial score (nSPS) is 38.8. The fourth-order valence-corrected chi connectivity index (χ4v) is 15.3. The van der Waals surface area contributed by atoms with Gasteiger partial charge in [-0.1, -0.05) is 97.7 Å². The second-order valence-corrected chi connectivity index (χ2v) is 23.1. The summed E-state index contributed by atoms with van der Waals surface area (Å²) in [5.74, 6) is 0.146. The molecule has 0 radical (unpaired) electrons. The number of aliphatic carboxylic acids is 1. The second-order valence-electron chi connectivity index (χ2n) is 22.7. The van der Waals surface area contributed by atoms with E-state index in [4.69, 9.17) is 16.3 Å². The van der Waals surface area contributed by atoms with Gasteiger partial charge in [0.25, 0.3) is 0 Å². The number of rotatable bonds is 12. The maximum Gasteiger partial charge on any atom is 0.309 e. The van der Waals surface area contributed by atoms with E-state index < -0.39 is 17.3 Å². The summed E-state index contributed by atoms with van der Waals surface area (Å²) in [6, 6.07) is 8.23. The molecular formula is C50H75ClN2O5. The number of Topliss-reactive ketones (excluding diaryl/α,β-unsaturated/α-hetero) is 1. The van der Waals surface area contributed by atoms with Crippen molar-refractivity contribution in [3.63, 3.8) is 0 Å². The van der Waals surface area contributed by atoms with Crippen molar-refractivity contribution in [3.05, 3.63) is 46.0 Å². The number of fused-ring (bicyclic) bond motifs is 7. The van der Waals surface area contributed by atoms with Gasteiger partial charge in [0, 0.05) is 41.9 Å². The number of carboxylic acids is 1. The van der Waals surface area contributed by atoms with E-state index in [2.05, 4.69) is 84.5 Å². The number of carbonyl (C=O) groups excluding carboxylic acids is 2. The van der Waals surface area contributed by atoms with Gasteiger partial charge in [0.05, 0.1) is 11.8 Å². The highest BCUT2D eigenvalue weighted by atomic mass is 35.5. The Bertz CT molecular complexity index is 1820. The largest absolute Gasteiger partial charge is 0.481 e. The number of carbonyl (C=O) groups is 3. The lowest BCUT2D eigenvalue weighted by Crippen LogP contribution is -2.66. The van der Waals surface area contributed by atoms with E-state index in [1.54, 1.807) is 5.57 Å². The van der Waals surface area contributed by atoms with Gasteiger partial charge in [-0.2, -0.15) is 0 Å². The number of hydrogen-bond acceptors (Lipinski definition) is 6. The summed E-state index contributed by atoms with van der Waals surface area (Å²) in [6.07, 6.45) is 10.6. The van der Waals surface area contributed by atoms with Crippen molar-refractivity contribution in [1.82, 2.24) is 9.80 Å². The molecule has 6 aliphatic rings. The monoisotopic (exact) mass is 819 g/mol. The Morgan fingerprint density at radius 3 is 2.19 bits per heavy atom. The number of halogens is 1. The lowest BCUT2D eigenvalue weighted by molar-refractivity contribution is -0.236. The number of likely N-dealkylation sites (N-methyl/N-ethyl adjacent to an activating group) is 1. The third-order valence-electron chi connectivity index (χ3n) is 18.7. The van der Waals surface area contributed by atoms with Gasteiger partial charge in [-0.05, 0) is 147 Å². The SMILES string of the molecule is CC(C)C1=C2[C@H]3CC[C@@H]4[C@@]5(C)CC[C@H](OC(=O)[C@H]6C[C@@H](C(=O)O)C6(C)C)C(C)(C)[C@@H]5CC[C@@]4(C)[C@]3(C)CC[C@@]2(CCN(CCN(C)C)Cc2ccccc2Cl)CC1=O. The first kappa shape index (κ1) is 43.9. The van der Waals surface area contributed by atoms with E-state index in [0.29, 0.717) is 36.4 Å². The third-order valence-corrected chi connectivity index (χ3v) is 19.1.